The quantitative estimate of drug-likeness (QED) is 0.261. The summed E-state index contributed by atoms with van der Waals surface area (Å²) < 4.78 is 13.7. The molecular formula is C24H36BFN3O3P. The highest BCUT2D eigenvalue weighted by atomic mass is 31.0. The number of nitrogens with one attached hydrogen (secondary N) is 3. The molecule has 6 nitrogen and oxygen atoms in total. The topological polar surface area (TPSA) is 87.3 Å². The number of hydrogen-bond donors (Lipinski definition) is 3. The zero-order valence-electron chi connectivity index (χ0n) is 20.1. The van der Waals surface area contributed by atoms with E-state index < -0.39 is 5.31 Å². The molecule has 0 bridgehead atoms. The van der Waals surface area contributed by atoms with E-state index in [0.717, 1.165) is 24.0 Å². The summed E-state index contributed by atoms with van der Waals surface area (Å²) in [7, 11) is 3.48. The van der Waals surface area contributed by atoms with Crippen LogP contribution in [0.25, 0.3) is 0 Å². The predicted molar refractivity (Wildman–Crippen MR) is 137 cm³/mol. The Kier molecular flexibility index (Phi) is 9.65. The predicted octanol–water partition coefficient (Wildman–Crippen LogP) is 3.07. The molecule has 2 rings (SSSR count). The van der Waals surface area contributed by atoms with Crippen molar-refractivity contribution in [2.24, 2.45) is 11.8 Å². The Bertz CT molecular complexity index is 903. The summed E-state index contributed by atoms with van der Waals surface area (Å²) in [5.74, 6) is -0.831. The Balaban J connectivity index is 2.21. The maximum atomic E-state index is 13.7. The van der Waals surface area contributed by atoms with Gasteiger partial charge in [0.2, 0.25) is 11.8 Å². The lowest BCUT2D eigenvalue weighted by molar-refractivity contribution is -0.122. The van der Waals surface area contributed by atoms with E-state index in [-0.39, 0.29) is 48.4 Å². The van der Waals surface area contributed by atoms with Crippen LogP contribution in [0.1, 0.15) is 61.9 Å². The van der Waals surface area contributed by atoms with E-state index in [0.29, 0.717) is 24.2 Å². The first-order valence-electron chi connectivity index (χ1n) is 11.6. The maximum Gasteiger partial charge on any atom is 0.253 e. The molecule has 1 aromatic rings. The highest BCUT2D eigenvalue weighted by Gasteiger charge is 2.31. The Labute approximate surface area is 199 Å². The number of carbonyl (C=O) groups is 3. The normalized spacial score (nSPS) is 19.2. The van der Waals surface area contributed by atoms with Crippen molar-refractivity contribution in [2.75, 3.05) is 11.9 Å². The summed E-state index contributed by atoms with van der Waals surface area (Å²) in [6, 6.07) is 4.94. The van der Waals surface area contributed by atoms with Crippen molar-refractivity contribution in [3.05, 3.63) is 41.5 Å². The van der Waals surface area contributed by atoms with Crippen molar-refractivity contribution in [3.63, 3.8) is 0 Å². The molecule has 1 saturated heterocycles. The SMILES string of the molecule is BC(F)(P)CCC(=O)Nc1ccc(C)cc1C(=O)NC(CC1CCNC1=O)C(C)C(=C)CC. The van der Waals surface area contributed by atoms with Gasteiger partial charge >= 0.3 is 0 Å². The van der Waals surface area contributed by atoms with Crippen LogP contribution in [0.3, 0.4) is 0 Å². The van der Waals surface area contributed by atoms with Gasteiger partial charge in [-0.2, -0.15) is 0 Å². The van der Waals surface area contributed by atoms with Crippen LogP contribution in [0.5, 0.6) is 0 Å². The van der Waals surface area contributed by atoms with Crippen molar-refractivity contribution in [1.82, 2.24) is 10.6 Å². The summed E-state index contributed by atoms with van der Waals surface area (Å²) >= 11 is 0. The molecule has 1 fully saturated rings. The van der Waals surface area contributed by atoms with Gasteiger partial charge in [0.05, 0.1) is 16.6 Å². The smallest absolute Gasteiger partial charge is 0.253 e. The molecule has 1 heterocycles. The van der Waals surface area contributed by atoms with Crippen molar-refractivity contribution in [2.45, 2.75) is 64.2 Å². The van der Waals surface area contributed by atoms with Gasteiger partial charge in [0, 0.05) is 24.9 Å². The van der Waals surface area contributed by atoms with Crippen LogP contribution in [0, 0.1) is 18.8 Å². The molecule has 0 aliphatic carbocycles. The fraction of sp³-hybridized carbons (Fsp3) is 0.542. The molecule has 1 aliphatic rings. The third-order valence-electron chi connectivity index (χ3n) is 6.25. The zero-order valence-corrected chi connectivity index (χ0v) is 21.2. The second kappa shape index (κ2) is 11.8. The van der Waals surface area contributed by atoms with Gasteiger partial charge in [-0.25, -0.2) is 4.39 Å². The molecule has 9 heteroatoms. The minimum Gasteiger partial charge on any atom is -0.356 e. The third kappa shape index (κ3) is 8.26. The first-order chi connectivity index (χ1) is 15.4. The minimum absolute atomic E-state index is 0.00178. The van der Waals surface area contributed by atoms with Crippen molar-refractivity contribution >= 4 is 40.5 Å². The first-order valence-corrected chi connectivity index (χ1v) is 12.1. The van der Waals surface area contributed by atoms with Crippen LogP contribution in [0.2, 0.25) is 0 Å². The van der Waals surface area contributed by atoms with Gasteiger partial charge in [0.1, 0.15) is 0 Å². The Hall–Kier alpha value is -2.21. The van der Waals surface area contributed by atoms with Crippen molar-refractivity contribution in [1.29, 1.82) is 0 Å². The summed E-state index contributed by atoms with van der Waals surface area (Å²) in [4.78, 5) is 37.9. The summed E-state index contributed by atoms with van der Waals surface area (Å²) in [6.45, 7) is 10.7. The number of aryl methyl sites for hydroxylation is 1. The van der Waals surface area contributed by atoms with E-state index in [4.69, 9.17) is 0 Å². The summed E-state index contributed by atoms with van der Waals surface area (Å²) in [5, 5.41) is 7.18. The van der Waals surface area contributed by atoms with Gasteiger partial charge in [-0.15, -0.1) is 9.24 Å². The standard InChI is InChI=1S/C24H36BFN3O3P/c1-5-15(3)16(4)20(13-17-9-11-27-22(17)31)29-23(32)18-12-14(2)6-7-19(18)28-21(30)8-10-24(25,26)33/h6-7,12,16-17,20H,3,5,8-11,13,25,33H2,1-2,4H3,(H,27,31)(H,28,30)(H,29,32). The molecule has 3 N–H and O–H groups in total. The van der Waals surface area contributed by atoms with Gasteiger partial charge < -0.3 is 16.0 Å². The number of benzene rings is 1. The number of anilines is 1. The summed E-state index contributed by atoms with van der Waals surface area (Å²) in [6.07, 6.45) is 2.09. The van der Waals surface area contributed by atoms with Crippen LogP contribution in [-0.4, -0.2) is 43.5 Å². The molecular weight excluding hydrogens is 439 g/mol. The highest BCUT2D eigenvalue weighted by Crippen LogP contribution is 2.27. The van der Waals surface area contributed by atoms with Crippen LogP contribution >= 0.6 is 9.24 Å². The summed E-state index contributed by atoms with van der Waals surface area (Å²) in [5.41, 5.74) is 2.60. The van der Waals surface area contributed by atoms with Gasteiger partial charge in [-0.3, -0.25) is 14.4 Å². The minimum atomic E-state index is -1.53. The molecule has 0 aromatic heterocycles. The van der Waals surface area contributed by atoms with Crippen LogP contribution in [-0.2, 0) is 9.59 Å². The highest BCUT2D eigenvalue weighted by molar-refractivity contribution is 7.21. The number of halogens is 1. The number of alkyl halides is 1. The van der Waals surface area contributed by atoms with E-state index in [1.807, 2.05) is 26.8 Å². The first kappa shape index (κ1) is 27.0. The van der Waals surface area contributed by atoms with Gasteiger partial charge in [0.15, 0.2) is 7.85 Å². The Morgan fingerprint density at radius 2 is 2.12 bits per heavy atom. The van der Waals surface area contributed by atoms with Crippen LogP contribution in [0.4, 0.5) is 10.1 Å². The zero-order chi connectivity index (χ0) is 24.8. The number of rotatable bonds is 11. The second-order valence-corrected chi connectivity index (χ2v) is 10.5. The maximum absolute atomic E-state index is 13.7. The molecule has 33 heavy (non-hydrogen) atoms. The largest absolute Gasteiger partial charge is 0.356 e. The van der Waals surface area contributed by atoms with Crippen molar-refractivity contribution < 1.29 is 18.8 Å². The van der Waals surface area contributed by atoms with E-state index in [2.05, 4.69) is 31.8 Å². The molecule has 0 spiro atoms. The molecule has 0 radical (unpaired) electrons. The van der Waals surface area contributed by atoms with Crippen molar-refractivity contribution in [3.8, 4) is 0 Å². The number of hydrogen-bond acceptors (Lipinski definition) is 3. The monoisotopic (exact) mass is 475 g/mol. The molecule has 3 amide bonds. The third-order valence-corrected chi connectivity index (χ3v) is 6.54. The van der Waals surface area contributed by atoms with E-state index in [9.17, 15) is 18.8 Å². The number of amides is 3. The van der Waals surface area contributed by atoms with Crippen LogP contribution in [0.15, 0.2) is 30.4 Å². The lowest BCUT2D eigenvalue weighted by Gasteiger charge is -2.28. The number of carbonyl (C=O) groups excluding carboxylic acids is 3. The molecule has 5 unspecified atom stereocenters. The van der Waals surface area contributed by atoms with Gasteiger partial charge in [-0.05, 0) is 50.7 Å². The van der Waals surface area contributed by atoms with E-state index in [1.165, 1.54) is 7.85 Å². The average molecular weight is 475 g/mol. The van der Waals surface area contributed by atoms with Crippen LogP contribution < -0.4 is 16.0 Å². The Morgan fingerprint density at radius 1 is 1.42 bits per heavy atom. The van der Waals surface area contributed by atoms with Gasteiger partial charge in [-0.1, -0.05) is 37.6 Å². The molecule has 180 valence electrons. The lowest BCUT2D eigenvalue weighted by Crippen LogP contribution is -2.42. The molecule has 1 aliphatic heterocycles. The Morgan fingerprint density at radius 3 is 2.70 bits per heavy atom. The van der Waals surface area contributed by atoms with E-state index in [1.54, 1.807) is 12.1 Å². The fourth-order valence-electron chi connectivity index (χ4n) is 3.94. The molecule has 5 atom stereocenters. The molecule has 0 saturated carbocycles. The van der Waals surface area contributed by atoms with Gasteiger partial charge in [0.25, 0.3) is 5.91 Å². The second-order valence-electron chi connectivity index (χ2n) is 9.27. The van der Waals surface area contributed by atoms with E-state index >= 15 is 0 Å². The average Bonchev–Trinajstić information content (AvgIpc) is 3.15. The molecule has 1 aromatic carbocycles. The fourth-order valence-corrected chi connectivity index (χ4v) is 4.09. The lowest BCUT2D eigenvalue weighted by atomic mass is 9.85.